The molecule has 3 amide bonds. The molecule has 7 nitrogen and oxygen atoms in total. The average molecular weight is 426 g/mol. The molecule has 1 atom stereocenters. The lowest BCUT2D eigenvalue weighted by molar-refractivity contribution is -0.121. The van der Waals surface area contributed by atoms with Crippen LogP contribution in [0.15, 0.2) is 48.5 Å². The van der Waals surface area contributed by atoms with Crippen molar-refractivity contribution >= 4 is 46.8 Å². The van der Waals surface area contributed by atoms with E-state index in [2.05, 4.69) is 5.32 Å². The van der Waals surface area contributed by atoms with Gasteiger partial charge in [-0.2, -0.15) is 0 Å². The van der Waals surface area contributed by atoms with Crippen LogP contribution in [0.25, 0.3) is 0 Å². The molecule has 30 heavy (non-hydrogen) atoms. The number of benzene rings is 2. The Hall–Kier alpha value is -3.13. The normalized spacial score (nSPS) is 15.9. The number of hydrogen-bond donors (Lipinski definition) is 1. The molecule has 3 rings (SSSR count). The maximum absolute atomic E-state index is 12.6. The minimum absolute atomic E-state index is 0.0328. The zero-order chi connectivity index (χ0) is 21.7. The van der Waals surface area contributed by atoms with Crippen molar-refractivity contribution in [2.45, 2.75) is 25.5 Å². The molecular formula is C22H22N2O5S. The van der Waals surface area contributed by atoms with Gasteiger partial charge in [-0.3, -0.25) is 14.4 Å². The summed E-state index contributed by atoms with van der Waals surface area (Å²) >= 11 is 1.14. The molecule has 1 saturated heterocycles. The quantitative estimate of drug-likeness (QED) is 0.540. The Morgan fingerprint density at radius 1 is 1.10 bits per heavy atom. The number of anilines is 2. The van der Waals surface area contributed by atoms with Gasteiger partial charge in [0.05, 0.1) is 28.9 Å². The minimum atomic E-state index is -0.587. The Bertz CT molecular complexity index is 956. The summed E-state index contributed by atoms with van der Waals surface area (Å²) in [5, 5.41) is 2.13. The third kappa shape index (κ3) is 5.07. The number of carbonyl (C=O) groups is 4. The van der Waals surface area contributed by atoms with Crippen molar-refractivity contribution in [3.05, 3.63) is 59.7 Å². The van der Waals surface area contributed by atoms with Crippen LogP contribution in [0.2, 0.25) is 0 Å². The summed E-state index contributed by atoms with van der Waals surface area (Å²) in [5.74, 6) is -1.26. The first-order valence-electron chi connectivity index (χ1n) is 9.51. The predicted molar refractivity (Wildman–Crippen MR) is 116 cm³/mol. The van der Waals surface area contributed by atoms with Crippen molar-refractivity contribution < 1.29 is 23.9 Å². The van der Waals surface area contributed by atoms with Crippen LogP contribution >= 0.6 is 11.8 Å². The molecule has 1 aliphatic heterocycles. The molecule has 0 unspecified atom stereocenters. The lowest BCUT2D eigenvalue weighted by Gasteiger charge is -2.15. The van der Waals surface area contributed by atoms with Crippen molar-refractivity contribution in [2.75, 3.05) is 22.6 Å². The van der Waals surface area contributed by atoms with Crippen LogP contribution in [0.5, 0.6) is 0 Å². The molecule has 0 aliphatic carbocycles. The van der Waals surface area contributed by atoms with Gasteiger partial charge >= 0.3 is 5.97 Å². The number of esters is 1. The van der Waals surface area contributed by atoms with Gasteiger partial charge in [-0.15, -0.1) is 11.8 Å². The van der Waals surface area contributed by atoms with Crippen LogP contribution in [-0.4, -0.2) is 41.3 Å². The zero-order valence-electron chi connectivity index (χ0n) is 16.7. The Labute approximate surface area is 178 Å². The standard InChI is InChI=1S/C22H22N2O5S/c1-3-29-22(28)15-6-8-16(9-7-15)23-19(25)13-30-18-12-20(26)24(21(18)27)17-10-4-14(2)5-11-17/h4-11,18H,3,12-13H2,1-2H3,(H,23,25)/t18-/m0/s1. The molecule has 156 valence electrons. The lowest BCUT2D eigenvalue weighted by Crippen LogP contribution is -2.31. The highest BCUT2D eigenvalue weighted by Crippen LogP contribution is 2.29. The van der Waals surface area contributed by atoms with E-state index in [4.69, 9.17) is 4.74 Å². The molecule has 0 radical (unpaired) electrons. The zero-order valence-corrected chi connectivity index (χ0v) is 17.5. The van der Waals surface area contributed by atoms with Crippen molar-refractivity contribution in [1.82, 2.24) is 0 Å². The third-order valence-corrected chi connectivity index (χ3v) is 5.69. The van der Waals surface area contributed by atoms with E-state index in [9.17, 15) is 19.2 Å². The van der Waals surface area contributed by atoms with E-state index >= 15 is 0 Å². The van der Waals surface area contributed by atoms with Gasteiger partial charge in [-0.25, -0.2) is 9.69 Å². The molecule has 1 fully saturated rings. The molecule has 1 heterocycles. The van der Waals surface area contributed by atoms with Gasteiger partial charge in [0.25, 0.3) is 0 Å². The number of ether oxygens (including phenoxy) is 1. The van der Waals surface area contributed by atoms with E-state index in [1.54, 1.807) is 43.3 Å². The molecule has 1 aliphatic rings. The molecule has 2 aromatic carbocycles. The monoisotopic (exact) mass is 426 g/mol. The maximum atomic E-state index is 12.6. The van der Waals surface area contributed by atoms with E-state index in [0.29, 0.717) is 16.9 Å². The molecule has 0 spiro atoms. The molecule has 0 bridgehead atoms. The van der Waals surface area contributed by atoms with E-state index < -0.39 is 11.2 Å². The lowest BCUT2D eigenvalue weighted by atomic mass is 10.2. The highest BCUT2D eigenvalue weighted by Gasteiger charge is 2.40. The van der Waals surface area contributed by atoms with Crippen molar-refractivity contribution in [3.8, 4) is 0 Å². The second-order valence-corrected chi connectivity index (χ2v) is 7.94. The van der Waals surface area contributed by atoms with Crippen molar-refractivity contribution in [3.63, 3.8) is 0 Å². The van der Waals surface area contributed by atoms with Crippen LogP contribution < -0.4 is 10.2 Å². The fourth-order valence-corrected chi connectivity index (χ4v) is 3.91. The fourth-order valence-electron chi connectivity index (χ4n) is 2.98. The van der Waals surface area contributed by atoms with Gasteiger partial charge in [0.2, 0.25) is 17.7 Å². The Morgan fingerprint density at radius 2 is 1.77 bits per heavy atom. The second kappa shape index (κ2) is 9.58. The summed E-state index contributed by atoms with van der Waals surface area (Å²) in [5.41, 5.74) is 2.51. The summed E-state index contributed by atoms with van der Waals surface area (Å²) < 4.78 is 4.92. The minimum Gasteiger partial charge on any atom is -0.462 e. The highest BCUT2D eigenvalue weighted by atomic mass is 32.2. The Balaban J connectivity index is 1.53. The van der Waals surface area contributed by atoms with Crippen molar-refractivity contribution in [1.29, 1.82) is 0 Å². The first kappa shape index (κ1) is 21.6. The summed E-state index contributed by atoms with van der Waals surface area (Å²) in [6, 6.07) is 13.5. The van der Waals surface area contributed by atoms with Gasteiger partial charge in [-0.05, 0) is 50.2 Å². The Kier molecular flexibility index (Phi) is 6.89. The van der Waals surface area contributed by atoms with Gasteiger partial charge in [0, 0.05) is 12.1 Å². The van der Waals surface area contributed by atoms with Crippen LogP contribution in [0, 0.1) is 6.92 Å². The molecule has 1 N–H and O–H groups in total. The van der Waals surface area contributed by atoms with Gasteiger partial charge in [0.15, 0.2) is 0 Å². The number of amides is 3. The van der Waals surface area contributed by atoms with E-state index in [-0.39, 0.29) is 36.5 Å². The molecule has 0 saturated carbocycles. The van der Waals surface area contributed by atoms with Crippen LogP contribution in [0.1, 0.15) is 29.3 Å². The number of carbonyl (C=O) groups excluding carboxylic acids is 4. The number of aryl methyl sites for hydroxylation is 1. The topological polar surface area (TPSA) is 92.8 Å². The summed E-state index contributed by atoms with van der Waals surface area (Å²) in [4.78, 5) is 50.0. The van der Waals surface area contributed by atoms with Crippen molar-refractivity contribution in [2.24, 2.45) is 0 Å². The third-order valence-electron chi connectivity index (χ3n) is 4.49. The number of nitrogens with one attached hydrogen (secondary N) is 1. The van der Waals surface area contributed by atoms with Crippen LogP contribution in [0.4, 0.5) is 11.4 Å². The largest absolute Gasteiger partial charge is 0.462 e. The number of thioether (sulfide) groups is 1. The summed E-state index contributed by atoms with van der Waals surface area (Å²) in [7, 11) is 0. The molecular weight excluding hydrogens is 404 g/mol. The van der Waals surface area contributed by atoms with E-state index in [1.165, 1.54) is 4.90 Å². The van der Waals surface area contributed by atoms with E-state index in [1.807, 2.05) is 19.1 Å². The predicted octanol–water partition coefficient (Wildman–Crippen LogP) is 3.18. The van der Waals surface area contributed by atoms with Gasteiger partial charge in [0.1, 0.15) is 0 Å². The SMILES string of the molecule is CCOC(=O)c1ccc(NC(=O)CS[C@H]2CC(=O)N(c3ccc(C)cc3)C2=O)cc1. The average Bonchev–Trinajstić information content (AvgIpc) is 3.01. The molecule has 8 heteroatoms. The number of hydrogen-bond acceptors (Lipinski definition) is 6. The molecule has 0 aromatic heterocycles. The Morgan fingerprint density at radius 3 is 2.40 bits per heavy atom. The first-order chi connectivity index (χ1) is 14.4. The number of rotatable bonds is 7. The first-order valence-corrected chi connectivity index (χ1v) is 10.6. The number of nitrogens with zero attached hydrogens (tertiary/aromatic N) is 1. The molecule has 2 aromatic rings. The highest BCUT2D eigenvalue weighted by molar-refractivity contribution is 8.01. The smallest absolute Gasteiger partial charge is 0.338 e. The van der Waals surface area contributed by atoms with E-state index in [0.717, 1.165) is 17.3 Å². The fraction of sp³-hybridized carbons (Fsp3) is 0.273. The van der Waals surface area contributed by atoms with Crippen LogP contribution in [-0.2, 0) is 19.1 Å². The number of imide groups is 1. The van der Waals surface area contributed by atoms with Crippen LogP contribution in [0.3, 0.4) is 0 Å². The summed E-state index contributed by atoms with van der Waals surface area (Å²) in [6.45, 7) is 3.95. The maximum Gasteiger partial charge on any atom is 0.338 e. The summed E-state index contributed by atoms with van der Waals surface area (Å²) in [6.07, 6.45) is 0.0683. The second-order valence-electron chi connectivity index (χ2n) is 6.75. The van der Waals surface area contributed by atoms with Gasteiger partial charge < -0.3 is 10.1 Å². The van der Waals surface area contributed by atoms with Gasteiger partial charge in [-0.1, -0.05) is 17.7 Å².